The average Bonchev–Trinajstić information content (AvgIpc) is 3.21. The van der Waals surface area contributed by atoms with Crippen molar-refractivity contribution in [1.82, 2.24) is 4.57 Å². The van der Waals surface area contributed by atoms with Crippen LogP contribution in [0.5, 0.6) is 5.75 Å². The Bertz CT molecular complexity index is 1790. The van der Waals surface area contributed by atoms with Crippen LogP contribution in [0.1, 0.15) is 33.3 Å². The number of aromatic nitrogens is 1. The molecule has 0 N–H and O–H groups in total. The summed E-state index contributed by atoms with van der Waals surface area (Å²) in [5.74, 6) is 0.510. The minimum Gasteiger partial charge on any atom is -0.454 e. The van der Waals surface area contributed by atoms with Gasteiger partial charge in [0, 0.05) is 43.3 Å². The Balaban J connectivity index is 1.90. The molecule has 208 valence electrons. The zero-order valence-corrected chi connectivity index (χ0v) is 26.5. The molecule has 0 radical (unpaired) electrons. The van der Waals surface area contributed by atoms with Crippen LogP contribution in [0.25, 0.3) is 21.8 Å². The second-order valence-electron chi connectivity index (χ2n) is 10.5. The van der Waals surface area contributed by atoms with Gasteiger partial charge in [-0.15, -0.1) is 0 Å². The molecule has 0 bridgehead atoms. The lowest BCUT2D eigenvalue weighted by Gasteiger charge is -2.37. The van der Waals surface area contributed by atoms with E-state index < -0.39 is 24.2 Å². The van der Waals surface area contributed by atoms with Crippen molar-refractivity contribution >= 4 is 71.9 Å². The van der Waals surface area contributed by atoms with Crippen molar-refractivity contribution < 1.29 is 17.7 Å². The summed E-state index contributed by atoms with van der Waals surface area (Å²) in [6.45, 7) is 8.82. The Morgan fingerprint density at radius 2 is 1.50 bits per heavy atom. The molecule has 0 aliphatic carbocycles. The van der Waals surface area contributed by atoms with E-state index in [1.807, 2.05) is 57.2 Å². The molecule has 0 amide bonds. The fraction of sp³-hybridized carbons (Fsp3) is 0.226. The smallest absolute Gasteiger partial charge is 0.418 e. The largest absolute Gasteiger partial charge is 0.454 e. The normalized spacial score (nSPS) is 13.9. The van der Waals surface area contributed by atoms with Crippen LogP contribution in [0.4, 0.5) is 18.9 Å². The molecule has 40 heavy (non-hydrogen) atoms. The van der Waals surface area contributed by atoms with E-state index in [4.69, 9.17) is 9.27 Å². The first kappa shape index (κ1) is 29.0. The van der Waals surface area contributed by atoms with E-state index in [0.717, 1.165) is 44.2 Å². The monoisotopic (exact) mass is 690 g/mol. The number of benzene rings is 4. The second kappa shape index (κ2) is 10.7. The van der Waals surface area contributed by atoms with Crippen LogP contribution < -0.4 is 9.83 Å². The highest BCUT2D eigenvalue weighted by Gasteiger charge is 2.41. The third-order valence-electron chi connectivity index (χ3n) is 6.91. The molecule has 3 nitrogen and oxygen atoms in total. The average molecular weight is 692 g/mol. The van der Waals surface area contributed by atoms with Gasteiger partial charge in [0.05, 0.1) is 15.7 Å². The Kier molecular flexibility index (Phi) is 7.75. The Hall–Kier alpha value is -2.54. The van der Waals surface area contributed by atoms with Gasteiger partial charge in [0.25, 0.3) is 0 Å². The van der Waals surface area contributed by atoms with Gasteiger partial charge >= 0.3 is 6.18 Å². The number of hydrogen-bond acceptors (Lipinski definition) is 2. The summed E-state index contributed by atoms with van der Waals surface area (Å²) in [6, 6.07) is 25.2. The van der Waals surface area contributed by atoms with Gasteiger partial charge in [0.1, 0.15) is 5.75 Å². The first-order valence-electron chi connectivity index (χ1n) is 12.8. The first-order valence-corrected chi connectivity index (χ1v) is 16.0. The van der Waals surface area contributed by atoms with Gasteiger partial charge in [0.15, 0.2) is 7.28 Å². The van der Waals surface area contributed by atoms with Crippen molar-refractivity contribution in [3.05, 3.63) is 99.4 Å². The number of aryl methyl sites for hydroxylation is 1. The zero-order valence-electron chi connectivity index (χ0n) is 22.4. The van der Waals surface area contributed by atoms with E-state index >= 15 is 0 Å². The Labute approximate surface area is 248 Å². The highest BCUT2D eigenvalue weighted by atomic mass is 79.9. The minimum atomic E-state index is -4.57. The van der Waals surface area contributed by atoms with Crippen molar-refractivity contribution in [3.8, 4) is 5.75 Å². The molecule has 0 unspecified atom stereocenters. The fourth-order valence-electron chi connectivity index (χ4n) is 5.02. The second-order valence-corrected chi connectivity index (χ2v) is 15.7. The predicted molar refractivity (Wildman–Crippen MR) is 167 cm³/mol. The number of halogens is 5. The van der Waals surface area contributed by atoms with E-state index in [2.05, 4.69) is 61.5 Å². The quantitative estimate of drug-likeness (QED) is 0.169. The predicted octanol–water partition coefficient (Wildman–Crippen LogP) is 11.3. The summed E-state index contributed by atoms with van der Waals surface area (Å²) in [7, 11) is -3.23. The van der Waals surface area contributed by atoms with Crippen LogP contribution in [0, 0.1) is 0 Å². The fourth-order valence-corrected chi connectivity index (χ4v) is 9.39. The first-order chi connectivity index (χ1) is 18.9. The number of nitrogens with zero attached hydrogens (tertiary/aromatic N) is 2. The van der Waals surface area contributed by atoms with Crippen LogP contribution in [0.3, 0.4) is 0 Å². The summed E-state index contributed by atoms with van der Waals surface area (Å²) < 4.78 is 58.2. The molecule has 0 saturated carbocycles. The lowest BCUT2D eigenvalue weighted by Crippen LogP contribution is -2.27. The van der Waals surface area contributed by atoms with Gasteiger partial charge < -0.3 is 9.09 Å². The topological polar surface area (TPSA) is 26.5 Å². The highest BCUT2D eigenvalue weighted by molar-refractivity contribution is 9.11. The molecule has 1 aromatic heterocycles. The van der Waals surface area contributed by atoms with Crippen molar-refractivity contribution in [2.24, 2.45) is 4.74 Å². The molecule has 9 heteroatoms. The molecule has 4 aromatic carbocycles. The van der Waals surface area contributed by atoms with E-state index in [9.17, 15) is 13.2 Å². The standard InChI is InChI=1S/C31H28Br2F3N2OP/c1-5-38-27-13-9-6-10-22(27)23-19-21(15-16-28(23)38)40(30(2,3)4,39-29-17-14-20(32)18-25(29)33)37-26-12-8-7-11-24(26)31(34,35)36/h6-19H,5H2,1-4H3/t40-/m0/s1. The van der Waals surface area contributed by atoms with Crippen LogP contribution in [0.15, 0.2) is 98.6 Å². The van der Waals surface area contributed by atoms with E-state index in [1.54, 1.807) is 12.1 Å². The summed E-state index contributed by atoms with van der Waals surface area (Å²) >= 11 is 7.07. The molecule has 0 aliphatic rings. The van der Waals surface area contributed by atoms with Gasteiger partial charge in [-0.3, -0.25) is 0 Å². The molecule has 0 spiro atoms. The maximum Gasteiger partial charge on any atom is 0.418 e. The maximum atomic E-state index is 14.2. The molecule has 5 rings (SSSR count). The molecule has 1 heterocycles. The van der Waals surface area contributed by atoms with Crippen LogP contribution in [-0.2, 0) is 12.7 Å². The van der Waals surface area contributed by atoms with Gasteiger partial charge in [0.2, 0.25) is 0 Å². The van der Waals surface area contributed by atoms with Gasteiger partial charge in [-0.05, 0) is 77.5 Å². The van der Waals surface area contributed by atoms with Crippen LogP contribution >= 0.6 is 39.1 Å². The van der Waals surface area contributed by atoms with Gasteiger partial charge in [-0.1, -0.05) is 67.0 Å². The third-order valence-corrected chi connectivity index (χ3v) is 11.8. The van der Waals surface area contributed by atoms with Crippen molar-refractivity contribution in [2.45, 2.75) is 45.6 Å². The molecule has 0 saturated heterocycles. The van der Waals surface area contributed by atoms with E-state index in [0.29, 0.717) is 10.2 Å². The SMILES string of the molecule is CCn1c2ccccc2c2cc([P@](=Nc3ccccc3C(F)(F)F)(Oc3ccc(Br)cc3Br)C(C)(C)C)ccc21. The van der Waals surface area contributed by atoms with Gasteiger partial charge in [-0.25, -0.2) is 4.74 Å². The van der Waals surface area contributed by atoms with Crippen LogP contribution in [0.2, 0.25) is 0 Å². The lowest BCUT2D eigenvalue weighted by atomic mass is 10.1. The maximum absolute atomic E-state index is 14.2. The Morgan fingerprint density at radius 1 is 0.825 bits per heavy atom. The number of hydrogen-bond donors (Lipinski definition) is 0. The summed E-state index contributed by atoms with van der Waals surface area (Å²) in [4.78, 5) is 0. The zero-order chi connectivity index (χ0) is 28.9. The summed E-state index contributed by atoms with van der Waals surface area (Å²) in [6.07, 6.45) is -4.57. The molecule has 1 atom stereocenters. The summed E-state index contributed by atoms with van der Waals surface area (Å²) in [5, 5.41) is 2.18. The molecule has 0 aliphatic heterocycles. The Morgan fingerprint density at radius 3 is 2.17 bits per heavy atom. The number of para-hydroxylation sites is 1. The number of alkyl halides is 3. The van der Waals surface area contributed by atoms with Crippen molar-refractivity contribution in [3.63, 3.8) is 0 Å². The number of rotatable bonds is 5. The minimum absolute atomic E-state index is 0.137. The van der Waals surface area contributed by atoms with Crippen LogP contribution in [-0.4, -0.2) is 9.72 Å². The van der Waals surface area contributed by atoms with E-state index in [-0.39, 0.29) is 5.69 Å². The van der Waals surface area contributed by atoms with Crippen molar-refractivity contribution in [1.29, 1.82) is 0 Å². The molecule has 5 aromatic rings. The highest BCUT2D eigenvalue weighted by Crippen LogP contribution is 2.63. The van der Waals surface area contributed by atoms with E-state index in [1.165, 1.54) is 12.1 Å². The number of fused-ring (bicyclic) bond motifs is 3. The van der Waals surface area contributed by atoms with Crippen molar-refractivity contribution in [2.75, 3.05) is 0 Å². The van der Waals surface area contributed by atoms with Gasteiger partial charge in [-0.2, -0.15) is 13.2 Å². The third kappa shape index (κ3) is 5.15. The lowest BCUT2D eigenvalue weighted by molar-refractivity contribution is -0.137. The molecule has 0 fully saturated rings. The molecular formula is C31H28Br2F3N2OP. The summed E-state index contributed by atoms with van der Waals surface area (Å²) in [5.41, 5.74) is 1.24. The molecular weight excluding hydrogens is 664 g/mol.